The summed E-state index contributed by atoms with van der Waals surface area (Å²) in [6.07, 6.45) is 2.57. The number of carbonyl (C=O) groups is 1. The number of carboxylic acid groups (broad SMARTS) is 1. The van der Waals surface area contributed by atoms with Crippen LogP contribution in [-0.2, 0) is 4.79 Å². The molecule has 74 valence electrons. The summed E-state index contributed by atoms with van der Waals surface area (Å²) in [7, 11) is 0. The van der Waals surface area contributed by atoms with Crippen molar-refractivity contribution in [1.82, 2.24) is 4.98 Å². The maximum atomic E-state index is 12.9. The van der Waals surface area contributed by atoms with Crippen LogP contribution in [0, 0.1) is 11.6 Å². The normalized spacial score (nSPS) is 11.5. The van der Waals surface area contributed by atoms with Crippen molar-refractivity contribution in [2.45, 2.75) is 6.92 Å². The predicted molar refractivity (Wildman–Crippen MR) is 45.4 cm³/mol. The van der Waals surface area contributed by atoms with Crippen molar-refractivity contribution in [2.75, 3.05) is 0 Å². The maximum absolute atomic E-state index is 12.9. The van der Waals surface area contributed by atoms with E-state index in [4.69, 9.17) is 5.11 Å². The van der Waals surface area contributed by atoms with Crippen LogP contribution < -0.4 is 0 Å². The highest BCUT2D eigenvalue weighted by molar-refractivity contribution is 5.91. The van der Waals surface area contributed by atoms with Crippen molar-refractivity contribution in [3.8, 4) is 0 Å². The van der Waals surface area contributed by atoms with Gasteiger partial charge in [0.2, 0.25) is 0 Å². The smallest absolute Gasteiger partial charge is 0.331 e. The molecule has 0 saturated heterocycles. The molecule has 0 atom stereocenters. The van der Waals surface area contributed by atoms with Crippen LogP contribution in [0.15, 0.2) is 18.0 Å². The van der Waals surface area contributed by atoms with E-state index in [0.717, 1.165) is 18.5 Å². The Morgan fingerprint density at radius 1 is 1.43 bits per heavy atom. The lowest BCUT2D eigenvalue weighted by Crippen LogP contribution is -1.98. The molecule has 0 bridgehead atoms. The summed E-state index contributed by atoms with van der Waals surface area (Å²) in [5.74, 6) is -2.99. The molecular formula is C9H7F2NO2. The molecule has 1 rings (SSSR count). The first-order chi connectivity index (χ1) is 6.52. The first-order valence-corrected chi connectivity index (χ1v) is 3.73. The lowest BCUT2D eigenvalue weighted by molar-refractivity contribution is -0.132. The quantitative estimate of drug-likeness (QED) is 0.739. The number of aliphatic carboxylic acids is 1. The molecule has 0 amide bonds. The van der Waals surface area contributed by atoms with E-state index in [1.807, 2.05) is 0 Å². The molecule has 0 radical (unpaired) electrons. The highest BCUT2D eigenvalue weighted by atomic mass is 19.1. The number of pyridine rings is 1. The molecule has 1 aromatic rings. The molecule has 0 aromatic carbocycles. The van der Waals surface area contributed by atoms with Gasteiger partial charge < -0.3 is 5.11 Å². The third-order valence-corrected chi connectivity index (χ3v) is 1.59. The summed E-state index contributed by atoms with van der Waals surface area (Å²) in [5.41, 5.74) is -0.533. The second kappa shape index (κ2) is 3.95. The number of hydrogen-bond donors (Lipinski definition) is 1. The van der Waals surface area contributed by atoms with Crippen LogP contribution >= 0.6 is 0 Å². The van der Waals surface area contributed by atoms with E-state index in [1.54, 1.807) is 0 Å². The number of nitrogens with zero attached hydrogens (tertiary/aromatic N) is 1. The maximum Gasteiger partial charge on any atom is 0.331 e. The fraction of sp³-hybridized carbons (Fsp3) is 0.111. The van der Waals surface area contributed by atoms with Crippen molar-refractivity contribution < 1.29 is 18.7 Å². The molecule has 0 aliphatic heterocycles. The summed E-state index contributed by atoms with van der Waals surface area (Å²) in [5, 5.41) is 8.50. The highest BCUT2D eigenvalue weighted by Gasteiger charge is 2.08. The zero-order valence-electron chi connectivity index (χ0n) is 7.29. The van der Waals surface area contributed by atoms with Gasteiger partial charge in [0, 0.05) is 11.1 Å². The van der Waals surface area contributed by atoms with Crippen LogP contribution in [0.25, 0.3) is 6.08 Å². The Kier molecular flexibility index (Phi) is 2.91. The zero-order chi connectivity index (χ0) is 10.7. The Bertz CT molecular complexity index is 382. The van der Waals surface area contributed by atoms with Crippen LogP contribution in [0.3, 0.4) is 0 Å². The molecule has 0 aliphatic rings. The summed E-state index contributed by atoms with van der Waals surface area (Å²) < 4.78 is 25.9. The summed E-state index contributed by atoms with van der Waals surface area (Å²) in [6.45, 7) is 1.25. The molecule has 1 aromatic heterocycles. The van der Waals surface area contributed by atoms with Gasteiger partial charge in [-0.25, -0.2) is 13.6 Å². The van der Waals surface area contributed by atoms with E-state index >= 15 is 0 Å². The van der Waals surface area contributed by atoms with Gasteiger partial charge in [0.25, 0.3) is 0 Å². The standard InChI is InChI=1S/C9H7F2NO2/c1-5(9(13)14)2-6-7(10)3-12-4-8(6)11/h2-4H,1H3,(H,13,14)/b5-2+. The van der Waals surface area contributed by atoms with Gasteiger partial charge in [-0.3, -0.25) is 4.98 Å². The summed E-state index contributed by atoms with van der Waals surface area (Å²) in [4.78, 5) is 13.7. The van der Waals surface area contributed by atoms with Crippen LogP contribution in [0.4, 0.5) is 8.78 Å². The van der Waals surface area contributed by atoms with Crippen LogP contribution in [0.2, 0.25) is 0 Å². The Labute approximate surface area is 78.7 Å². The Morgan fingerprint density at radius 3 is 2.36 bits per heavy atom. The third-order valence-electron chi connectivity index (χ3n) is 1.59. The van der Waals surface area contributed by atoms with E-state index in [9.17, 15) is 13.6 Å². The van der Waals surface area contributed by atoms with E-state index in [0.29, 0.717) is 0 Å². The third kappa shape index (κ3) is 2.12. The van der Waals surface area contributed by atoms with Crippen LogP contribution in [0.1, 0.15) is 12.5 Å². The lowest BCUT2D eigenvalue weighted by Gasteiger charge is -1.98. The Hall–Kier alpha value is -1.78. The fourth-order valence-electron chi connectivity index (χ4n) is 0.837. The average Bonchev–Trinajstić information content (AvgIpc) is 2.11. The minimum absolute atomic E-state index is 0.144. The summed E-state index contributed by atoms with van der Waals surface area (Å²) in [6, 6.07) is 0. The molecule has 1 N–H and O–H groups in total. The van der Waals surface area contributed by atoms with Gasteiger partial charge in [0.15, 0.2) is 11.6 Å². The minimum atomic E-state index is -1.22. The van der Waals surface area contributed by atoms with Gasteiger partial charge in [-0.1, -0.05) is 0 Å². The first-order valence-electron chi connectivity index (χ1n) is 3.73. The Morgan fingerprint density at radius 2 is 1.93 bits per heavy atom. The fourth-order valence-corrected chi connectivity index (χ4v) is 0.837. The minimum Gasteiger partial charge on any atom is -0.478 e. The van der Waals surface area contributed by atoms with Crippen molar-refractivity contribution in [1.29, 1.82) is 0 Å². The summed E-state index contributed by atoms with van der Waals surface area (Å²) >= 11 is 0. The molecule has 0 aliphatic carbocycles. The largest absolute Gasteiger partial charge is 0.478 e. The van der Waals surface area contributed by atoms with E-state index in [2.05, 4.69) is 4.98 Å². The van der Waals surface area contributed by atoms with Gasteiger partial charge in [0.1, 0.15) is 0 Å². The van der Waals surface area contributed by atoms with E-state index < -0.39 is 17.6 Å². The van der Waals surface area contributed by atoms with Crippen molar-refractivity contribution >= 4 is 12.0 Å². The molecule has 0 saturated carbocycles. The van der Waals surface area contributed by atoms with Crippen molar-refractivity contribution in [3.63, 3.8) is 0 Å². The monoisotopic (exact) mass is 199 g/mol. The highest BCUT2D eigenvalue weighted by Crippen LogP contribution is 2.14. The molecule has 14 heavy (non-hydrogen) atoms. The second-order valence-electron chi connectivity index (χ2n) is 2.65. The Balaban J connectivity index is 3.20. The SMILES string of the molecule is C/C(=C\c1c(F)cncc1F)C(=O)O. The molecule has 0 spiro atoms. The number of halogens is 2. The van der Waals surface area contributed by atoms with Gasteiger partial charge in [-0.15, -0.1) is 0 Å². The molecule has 1 heterocycles. The second-order valence-corrected chi connectivity index (χ2v) is 2.65. The first kappa shape index (κ1) is 10.3. The molecule has 5 heteroatoms. The number of hydrogen-bond acceptors (Lipinski definition) is 2. The lowest BCUT2D eigenvalue weighted by atomic mass is 10.1. The van der Waals surface area contributed by atoms with Crippen molar-refractivity contribution in [2.24, 2.45) is 0 Å². The number of aromatic nitrogens is 1. The molecule has 0 unspecified atom stereocenters. The topological polar surface area (TPSA) is 50.2 Å². The van der Waals surface area contributed by atoms with E-state index in [1.165, 1.54) is 6.92 Å². The van der Waals surface area contributed by atoms with Gasteiger partial charge >= 0.3 is 5.97 Å². The number of rotatable bonds is 2. The van der Waals surface area contributed by atoms with Crippen molar-refractivity contribution in [3.05, 3.63) is 35.2 Å². The number of carboxylic acids is 1. The predicted octanol–water partition coefficient (Wildman–Crippen LogP) is 1.85. The van der Waals surface area contributed by atoms with Gasteiger partial charge in [-0.05, 0) is 13.0 Å². The zero-order valence-corrected chi connectivity index (χ0v) is 7.29. The van der Waals surface area contributed by atoms with Gasteiger partial charge in [-0.2, -0.15) is 0 Å². The molecule has 3 nitrogen and oxygen atoms in total. The van der Waals surface area contributed by atoms with Gasteiger partial charge in [0.05, 0.1) is 12.4 Å². The average molecular weight is 199 g/mol. The molecule has 0 fully saturated rings. The van der Waals surface area contributed by atoms with Crippen LogP contribution in [0.5, 0.6) is 0 Å². The van der Waals surface area contributed by atoms with Crippen LogP contribution in [-0.4, -0.2) is 16.1 Å². The van der Waals surface area contributed by atoms with E-state index in [-0.39, 0.29) is 11.1 Å². The molecular weight excluding hydrogens is 192 g/mol.